The first-order chi connectivity index (χ1) is 17.0. The average Bonchev–Trinajstić information content (AvgIpc) is 3.56. The van der Waals surface area contributed by atoms with E-state index >= 15 is 0 Å². The number of nitrogens with one attached hydrogen (secondary N) is 2. The van der Waals surface area contributed by atoms with Crippen LogP contribution in [0.2, 0.25) is 0 Å². The van der Waals surface area contributed by atoms with Crippen molar-refractivity contribution in [3.05, 3.63) is 69.9 Å². The van der Waals surface area contributed by atoms with E-state index in [4.69, 9.17) is 4.74 Å². The van der Waals surface area contributed by atoms with Gasteiger partial charge in [0.15, 0.2) is 5.01 Å². The second-order valence-electron chi connectivity index (χ2n) is 8.42. The Balaban J connectivity index is 1.26. The van der Waals surface area contributed by atoms with Gasteiger partial charge in [-0.25, -0.2) is 4.39 Å². The average molecular weight is 498 g/mol. The number of hydrogen-bond acceptors (Lipinski definition) is 7. The molecule has 8 nitrogen and oxygen atoms in total. The number of halogens is 1. The molecule has 3 aromatic rings. The van der Waals surface area contributed by atoms with Crippen molar-refractivity contribution < 1.29 is 18.7 Å². The molecule has 1 aliphatic rings. The Hall–Kier alpha value is -3.37. The lowest BCUT2D eigenvalue weighted by molar-refractivity contribution is 0.0948. The summed E-state index contributed by atoms with van der Waals surface area (Å²) in [7, 11) is 0. The van der Waals surface area contributed by atoms with Crippen LogP contribution in [0.3, 0.4) is 0 Å². The van der Waals surface area contributed by atoms with E-state index in [9.17, 15) is 14.0 Å². The Kier molecular flexibility index (Phi) is 8.38. The molecule has 1 aliphatic heterocycles. The van der Waals surface area contributed by atoms with E-state index in [1.165, 1.54) is 37.1 Å². The van der Waals surface area contributed by atoms with Gasteiger partial charge in [-0.05, 0) is 81.7 Å². The molecule has 1 atom stereocenters. The molecular formula is C25H28FN5O3S. The number of ether oxygens (including phenoxy) is 1. The van der Waals surface area contributed by atoms with E-state index in [1.807, 2.05) is 0 Å². The molecule has 10 heteroatoms. The molecule has 35 heavy (non-hydrogen) atoms. The Morgan fingerprint density at radius 2 is 1.89 bits per heavy atom. The summed E-state index contributed by atoms with van der Waals surface area (Å²) in [5, 5.41) is 14.3. The van der Waals surface area contributed by atoms with Gasteiger partial charge in [0, 0.05) is 23.8 Å². The first-order valence-corrected chi connectivity index (χ1v) is 12.4. The van der Waals surface area contributed by atoms with Gasteiger partial charge in [0.25, 0.3) is 11.8 Å². The number of carbonyl (C=O) groups excluding carboxylic acids is 2. The lowest BCUT2D eigenvalue weighted by Gasteiger charge is -2.23. The van der Waals surface area contributed by atoms with Crippen molar-refractivity contribution in [2.24, 2.45) is 0 Å². The van der Waals surface area contributed by atoms with Gasteiger partial charge in [0.1, 0.15) is 18.2 Å². The Bertz CT molecular complexity index is 1150. The molecule has 1 aromatic heterocycles. The van der Waals surface area contributed by atoms with Crippen LogP contribution in [0.5, 0.6) is 5.75 Å². The first-order valence-electron chi connectivity index (χ1n) is 11.6. The predicted octanol–water partition coefficient (Wildman–Crippen LogP) is 4.11. The Labute approximate surface area is 207 Å². The number of rotatable bonds is 10. The maximum atomic E-state index is 13.0. The third-order valence-electron chi connectivity index (χ3n) is 5.83. The van der Waals surface area contributed by atoms with E-state index in [2.05, 4.69) is 32.7 Å². The summed E-state index contributed by atoms with van der Waals surface area (Å²) in [4.78, 5) is 27.6. The van der Waals surface area contributed by atoms with Crippen LogP contribution in [-0.4, -0.2) is 52.6 Å². The molecular weight excluding hydrogens is 469 g/mol. The minimum absolute atomic E-state index is 0.114. The number of hydrogen-bond donors (Lipinski definition) is 2. The van der Waals surface area contributed by atoms with Gasteiger partial charge in [0.05, 0.1) is 0 Å². The van der Waals surface area contributed by atoms with Crippen LogP contribution in [0.25, 0.3) is 0 Å². The second-order valence-corrected chi connectivity index (χ2v) is 9.48. The number of carbonyl (C=O) groups is 2. The molecule has 0 bridgehead atoms. The first kappa shape index (κ1) is 24.7. The molecule has 2 heterocycles. The largest absolute Gasteiger partial charge is 0.486 e. The lowest BCUT2D eigenvalue weighted by atomic mass is 10.1. The van der Waals surface area contributed by atoms with Crippen LogP contribution in [0.4, 0.5) is 10.1 Å². The van der Waals surface area contributed by atoms with Crippen molar-refractivity contribution in [1.82, 2.24) is 20.4 Å². The maximum Gasteiger partial charge on any atom is 0.286 e. The van der Waals surface area contributed by atoms with Crippen LogP contribution in [0.15, 0.2) is 48.5 Å². The normalized spacial score (nSPS) is 14.5. The Morgan fingerprint density at radius 3 is 2.66 bits per heavy atom. The maximum absolute atomic E-state index is 13.0. The van der Waals surface area contributed by atoms with Gasteiger partial charge in [-0.2, -0.15) is 0 Å². The van der Waals surface area contributed by atoms with Gasteiger partial charge in [0.2, 0.25) is 5.01 Å². The number of amides is 2. The predicted molar refractivity (Wildman–Crippen MR) is 132 cm³/mol. The summed E-state index contributed by atoms with van der Waals surface area (Å²) in [6.07, 6.45) is 3.39. The van der Waals surface area contributed by atoms with Crippen LogP contribution >= 0.6 is 11.3 Å². The van der Waals surface area contributed by atoms with Gasteiger partial charge < -0.3 is 20.3 Å². The molecule has 0 saturated carbocycles. The third kappa shape index (κ3) is 7.06. The van der Waals surface area contributed by atoms with Gasteiger partial charge in [-0.3, -0.25) is 9.59 Å². The standard InChI is InChI=1S/C25H28FN5O3S/c1-17(31-13-2-3-14-31)11-12-27-23(32)18-5-4-6-20(15-18)28-24(33)25-30-29-22(35-25)16-34-21-9-7-19(26)8-10-21/h4-10,15,17H,2-3,11-14,16H2,1H3,(H,27,32)(H,28,33). The van der Waals surface area contributed by atoms with Gasteiger partial charge in [-0.1, -0.05) is 17.4 Å². The fourth-order valence-electron chi connectivity index (χ4n) is 3.86. The molecule has 0 spiro atoms. The van der Waals surface area contributed by atoms with E-state index < -0.39 is 5.91 Å². The fraction of sp³-hybridized carbons (Fsp3) is 0.360. The summed E-state index contributed by atoms with van der Waals surface area (Å²) in [6.45, 7) is 5.17. The van der Waals surface area contributed by atoms with Gasteiger partial charge >= 0.3 is 0 Å². The molecule has 1 fully saturated rings. The highest BCUT2D eigenvalue weighted by Crippen LogP contribution is 2.18. The zero-order chi connectivity index (χ0) is 24.6. The number of anilines is 1. The van der Waals surface area contributed by atoms with E-state index in [1.54, 1.807) is 24.3 Å². The molecule has 184 valence electrons. The smallest absolute Gasteiger partial charge is 0.286 e. The van der Waals surface area contributed by atoms with Crippen molar-refractivity contribution in [2.75, 3.05) is 25.0 Å². The van der Waals surface area contributed by atoms with Crippen molar-refractivity contribution in [1.29, 1.82) is 0 Å². The Morgan fingerprint density at radius 1 is 1.11 bits per heavy atom. The summed E-state index contributed by atoms with van der Waals surface area (Å²) >= 11 is 1.10. The zero-order valence-corrected chi connectivity index (χ0v) is 20.3. The van der Waals surface area contributed by atoms with Crippen molar-refractivity contribution in [3.8, 4) is 5.75 Å². The summed E-state index contributed by atoms with van der Waals surface area (Å²) in [5.41, 5.74) is 0.967. The highest BCUT2D eigenvalue weighted by molar-refractivity contribution is 7.13. The molecule has 0 radical (unpaired) electrons. The molecule has 0 aliphatic carbocycles. The van der Waals surface area contributed by atoms with Crippen LogP contribution in [-0.2, 0) is 6.61 Å². The fourth-order valence-corrected chi connectivity index (χ4v) is 4.51. The number of benzene rings is 2. The molecule has 2 N–H and O–H groups in total. The second kappa shape index (κ2) is 11.9. The molecule has 2 amide bonds. The molecule has 4 rings (SSSR count). The zero-order valence-electron chi connectivity index (χ0n) is 19.5. The molecule has 1 saturated heterocycles. The van der Waals surface area contributed by atoms with Crippen molar-refractivity contribution in [3.63, 3.8) is 0 Å². The summed E-state index contributed by atoms with van der Waals surface area (Å²) < 4.78 is 18.5. The van der Waals surface area contributed by atoms with E-state index in [0.717, 1.165) is 30.8 Å². The minimum Gasteiger partial charge on any atom is -0.486 e. The minimum atomic E-state index is -0.424. The topological polar surface area (TPSA) is 96.5 Å². The third-order valence-corrected chi connectivity index (χ3v) is 6.73. The monoisotopic (exact) mass is 497 g/mol. The summed E-state index contributed by atoms with van der Waals surface area (Å²) in [6, 6.07) is 12.9. The summed E-state index contributed by atoms with van der Waals surface area (Å²) in [5.74, 6) is -0.451. The molecule has 1 unspecified atom stereocenters. The highest BCUT2D eigenvalue weighted by atomic mass is 32.1. The van der Waals surface area contributed by atoms with E-state index in [-0.39, 0.29) is 23.3 Å². The highest BCUT2D eigenvalue weighted by Gasteiger charge is 2.18. The number of nitrogens with zero attached hydrogens (tertiary/aromatic N) is 3. The van der Waals surface area contributed by atoms with Crippen LogP contribution < -0.4 is 15.4 Å². The SMILES string of the molecule is CC(CCNC(=O)c1cccc(NC(=O)c2nnc(COc3ccc(F)cc3)s2)c1)N1CCCC1. The number of aromatic nitrogens is 2. The van der Waals surface area contributed by atoms with Crippen molar-refractivity contribution in [2.45, 2.75) is 38.8 Å². The molecule has 2 aromatic carbocycles. The van der Waals surface area contributed by atoms with Crippen molar-refractivity contribution >= 4 is 28.8 Å². The van der Waals surface area contributed by atoms with E-state index in [0.29, 0.717) is 34.6 Å². The quantitative estimate of drug-likeness (QED) is 0.438. The van der Waals surface area contributed by atoms with Gasteiger partial charge in [-0.15, -0.1) is 10.2 Å². The van der Waals surface area contributed by atoms with Crippen LogP contribution in [0, 0.1) is 5.82 Å². The number of likely N-dealkylation sites (tertiary alicyclic amines) is 1. The lowest BCUT2D eigenvalue weighted by Crippen LogP contribution is -2.34. The van der Waals surface area contributed by atoms with Crippen LogP contribution in [0.1, 0.15) is 51.4 Å².